The van der Waals surface area contributed by atoms with Gasteiger partial charge < -0.3 is 23.5 Å². The van der Waals surface area contributed by atoms with E-state index in [0.717, 1.165) is 31.2 Å². The van der Waals surface area contributed by atoms with Crippen molar-refractivity contribution in [3.63, 3.8) is 0 Å². The van der Waals surface area contributed by atoms with E-state index in [2.05, 4.69) is 14.9 Å². The maximum atomic E-state index is 12.3. The molecule has 0 bridgehead atoms. The summed E-state index contributed by atoms with van der Waals surface area (Å²) in [7, 11) is 0. The normalized spacial score (nSPS) is 30.7. The third-order valence-corrected chi connectivity index (χ3v) is 7.18. The highest BCUT2D eigenvalue weighted by Gasteiger charge is 2.56. The van der Waals surface area contributed by atoms with Gasteiger partial charge in [0, 0.05) is 25.2 Å². The number of rotatable bonds is 6. The van der Waals surface area contributed by atoms with Crippen LogP contribution in [0.15, 0.2) is 18.6 Å². The van der Waals surface area contributed by atoms with Crippen LogP contribution < -0.4 is 0 Å². The predicted molar refractivity (Wildman–Crippen MR) is 130 cm³/mol. The maximum Gasteiger partial charge on any atom is 0.306 e. The SMILES string of the molecule is CC(C)(C)OC(=O)CCC1CCCN1C[C@H]1O[C@@H](n2ccc3c(Cl)ncnc32)[C@@H]2OC(C)(C)O[C@@H]21. The van der Waals surface area contributed by atoms with Gasteiger partial charge in [-0.2, -0.15) is 0 Å². The molecule has 5 atom stereocenters. The van der Waals surface area contributed by atoms with Gasteiger partial charge in [0.2, 0.25) is 0 Å². The minimum absolute atomic E-state index is 0.143. The van der Waals surface area contributed by atoms with Gasteiger partial charge >= 0.3 is 5.97 Å². The second-order valence-electron chi connectivity index (χ2n) is 11.2. The molecule has 3 saturated heterocycles. The second kappa shape index (κ2) is 9.27. The number of likely N-dealkylation sites (tertiary alicyclic amines) is 1. The van der Waals surface area contributed by atoms with Crippen LogP contribution in [-0.2, 0) is 23.7 Å². The van der Waals surface area contributed by atoms with Crippen molar-refractivity contribution in [2.45, 2.75) is 102 Å². The van der Waals surface area contributed by atoms with Crippen molar-refractivity contribution in [3.8, 4) is 0 Å². The van der Waals surface area contributed by atoms with Crippen LogP contribution >= 0.6 is 11.6 Å². The largest absolute Gasteiger partial charge is 0.460 e. The van der Waals surface area contributed by atoms with Crippen LogP contribution in [0.1, 0.15) is 66.5 Å². The Morgan fingerprint density at radius 2 is 2.03 bits per heavy atom. The van der Waals surface area contributed by atoms with Crippen molar-refractivity contribution >= 4 is 28.6 Å². The lowest BCUT2D eigenvalue weighted by atomic mass is 10.1. The summed E-state index contributed by atoms with van der Waals surface area (Å²) in [6.07, 6.45) is 5.68. The monoisotopic (exact) mass is 506 g/mol. The van der Waals surface area contributed by atoms with Crippen molar-refractivity contribution in [1.29, 1.82) is 0 Å². The van der Waals surface area contributed by atoms with E-state index in [1.165, 1.54) is 6.33 Å². The van der Waals surface area contributed by atoms with Crippen LogP contribution in [0.2, 0.25) is 5.15 Å². The average molecular weight is 507 g/mol. The highest BCUT2D eigenvalue weighted by Crippen LogP contribution is 2.44. The molecule has 2 aromatic rings. The van der Waals surface area contributed by atoms with Crippen molar-refractivity contribution in [2.75, 3.05) is 13.1 Å². The number of halogens is 1. The lowest BCUT2D eigenvalue weighted by molar-refractivity contribution is -0.198. The number of esters is 1. The Morgan fingerprint density at radius 1 is 1.26 bits per heavy atom. The van der Waals surface area contributed by atoms with Crippen molar-refractivity contribution in [2.24, 2.45) is 0 Å². The molecule has 9 nitrogen and oxygen atoms in total. The molecule has 35 heavy (non-hydrogen) atoms. The summed E-state index contributed by atoms with van der Waals surface area (Å²) in [6, 6.07) is 2.22. The highest BCUT2D eigenvalue weighted by molar-refractivity contribution is 6.33. The van der Waals surface area contributed by atoms with Crippen molar-refractivity contribution in [3.05, 3.63) is 23.7 Å². The topological polar surface area (TPSA) is 87.9 Å². The number of carbonyl (C=O) groups excluding carboxylic acids is 1. The third-order valence-electron chi connectivity index (χ3n) is 6.88. The fourth-order valence-corrected chi connectivity index (χ4v) is 5.74. The number of hydrogen-bond acceptors (Lipinski definition) is 8. The third kappa shape index (κ3) is 5.20. The average Bonchev–Trinajstić information content (AvgIpc) is 3.50. The van der Waals surface area contributed by atoms with Gasteiger partial charge in [0.1, 0.15) is 41.0 Å². The highest BCUT2D eigenvalue weighted by atomic mass is 35.5. The zero-order chi connectivity index (χ0) is 25.0. The maximum absolute atomic E-state index is 12.3. The van der Waals surface area contributed by atoms with E-state index in [9.17, 15) is 4.79 Å². The van der Waals surface area contributed by atoms with E-state index in [0.29, 0.717) is 29.8 Å². The number of carbonyl (C=O) groups is 1. The fourth-order valence-electron chi connectivity index (χ4n) is 5.55. The van der Waals surface area contributed by atoms with Gasteiger partial charge in [0.25, 0.3) is 0 Å². The Hall–Kier alpha value is -1.78. The summed E-state index contributed by atoms with van der Waals surface area (Å²) >= 11 is 6.28. The molecular formula is C25H35ClN4O5. The van der Waals surface area contributed by atoms with Gasteiger partial charge in [-0.1, -0.05) is 11.6 Å². The minimum atomic E-state index is -0.702. The van der Waals surface area contributed by atoms with Gasteiger partial charge in [-0.3, -0.25) is 9.69 Å². The molecule has 0 aliphatic carbocycles. The predicted octanol–water partition coefficient (Wildman–Crippen LogP) is 4.09. The molecule has 0 saturated carbocycles. The summed E-state index contributed by atoms with van der Waals surface area (Å²) in [5.74, 6) is -0.845. The first-order valence-corrected chi connectivity index (χ1v) is 12.8. The molecule has 0 spiro atoms. The molecule has 2 aromatic heterocycles. The Balaban J connectivity index is 1.30. The first kappa shape index (κ1) is 24.9. The molecule has 1 unspecified atom stereocenters. The van der Waals surface area contributed by atoms with E-state index in [4.69, 9.17) is 30.5 Å². The molecule has 0 radical (unpaired) electrons. The van der Waals surface area contributed by atoms with Crippen LogP contribution in [0.25, 0.3) is 11.0 Å². The summed E-state index contributed by atoms with van der Waals surface area (Å²) in [5.41, 5.74) is 0.248. The Morgan fingerprint density at radius 3 is 2.80 bits per heavy atom. The number of aromatic nitrogens is 3. The molecule has 3 aliphatic rings. The smallest absolute Gasteiger partial charge is 0.306 e. The Kier molecular flexibility index (Phi) is 6.59. The van der Waals surface area contributed by atoms with E-state index in [1.54, 1.807) is 0 Å². The number of ether oxygens (including phenoxy) is 4. The lowest BCUT2D eigenvalue weighted by Crippen LogP contribution is -2.42. The Bertz CT molecular complexity index is 1080. The molecule has 10 heteroatoms. The minimum Gasteiger partial charge on any atom is -0.460 e. The van der Waals surface area contributed by atoms with Crippen LogP contribution in [0, 0.1) is 0 Å². The zero-order valence-electron chi connectivity index (χ0n) is 21.1. The summed E-state index contributed by atoms with van der Waals surface area (Å²) < 4.78 is 26.7. The first-order chi connectivity index (χ1) is 16.5. The summed E-state index contributed by atoms with van der Waals surface area (Å²) in [5, 5.41) is 1.19. The lowest BCUT2D eigenvalue weighted by Gasteiger charge is -2.30. The van der Waals surface area contributed by atoms with Crippen LogP contribution in [-0.4, -0.2) is 74.2 Å². The van der Waals surface area contributed by atoms with E-state index >= 15 is 0 Å². The molecule has 5 rings (SSSR count). The molecule has 5 heterocycles. The number of fused-ring (bicyclic) bond motifs is 2. The summed E-state index contributed by atoms with van der Waals surface area (Å²) in [6.45, 7) is 11.3. The second-order valence-corrected chi connectivity index (χ2v) is 11.5. The van der Waals surface area contributed by atoms with Gasteiger partial charge in [-0.25, -0.2) is 9.97 Å². The number of hydrogen-bond donors (Lipinski definition) is 0. The summed E-state index contributed by atoms with van der Waals surface area (Å²) in [4.78, 5) is 23.2. The molecule has 0 aromatic carbocycles. The molecule has 3 aliphatic heterocycles. The van der Waals surface area contributed by atoms with E-state index < -0.39 is 17.6 Å². The molecule has 0 amide bonds. The Labute approximate surface area is 211 Å². The molecule has 3 fully saturated rings. The zero-order valence-corrected chi connectivity index (χ0v) is 21.8. The number of nitrogens with zero attached hydrogens (tertiary/aromatic N) is 4. The van der Waals surface area contributed by atoms with Crippen LogP contribution in [0.3, 0.4) is 0 Å². The van der Waals surface area contributed by atoms with Gasteiger partial charge in [0.15, 0.2) is 12.0 Å². The van der Waals surface area contributed by atoms with Crippen LogP contribution in [0.5, 0.6) is 0 Å². The standard InChI is InChI=1S/C25H35ClN4O5/c1-24(2,3)33-18(31)9-8-15-7-6-11-29(15)13-17-19-20(35-25(4,5)34-19)23(32-17)30-12-10-16-21(26)27-14-28-22(16)30/h10,12,14-15,17,19-20,23H,6-9,11,13H2,1-5H3/t15?,17-,19-,20-,23-/m1/s1. The molecule has 192 valence electrons. The fraction of sp³-hybridized carbons (Fsp3) is 0.720. The van der Waals surface area contributed by atoms with Crippen LogP contribution in [0.4, 0.5) is 0 Å². The quantitative estimate of drug-likeness (QED) is 0.427. The van der Waals surface area contributed by atoms with E-state index in [-0.39, 0.29) is 24.3 Å². The molecule has 0 N–H and O–H groups in total. The van der Waals surface area contributed by atoms with E-state index in [1.807, 2.05) is 51.4 Å². The first-order valence-electron chi connectivity index (χ1n) is 12.4. The van der Waals surface area contributed by atoms with Crippen molar-refractivity contribution < 1.29 is 23.7 Å². The van der Waals surface area contributed by atoms with Gasteiger partial charge in [0.05, 0.1) is 5.39 Å². The van der Waals surface area contributed by atoms with Gasteiger partial charge in [-0.05, 0) is 66.5 Å². The molecular weight excluding hydrogens is 472 g/mol. The van der Waals surface area contributed by atoms with Crippen molar-refractivity contribution in [1.82, 2.24) is 19.4 Å². The van der Waals surface area contributed by atoms with Gasteiger partial charge in [-0.15, -0.1) is 0 Å².